The Morgan fingerprint density at radius 3 is 2.32 bits per heavy atom. The Morgan fingerprint density at radius 2 is 1.80 bits per heavy atom. The number of carbonyl (C=O) groups is 2. The van der Waals surface area contributed by atoms with Crippen LogP contribution in [0.25, 0.3) is 0 Å². The molecule has 0 aliphatic carbocycles. The van der Waals surface area contributed by atoms with Crippen LogP contribution in [0.15, 0.2) is 11.0 Å². The van der Waals surface area contributed by atoms with Gasteiger partial charge in [-0.1, -0.05) is 6.07 Å². The van der Waals surface area contributed by atoms with Gasteiger partial charge < -0.3 is 10.1 Å². The van der Waals surface area contributed by atoms with Gasteiger partial charge in [-0.3, -0.25) is 9.59 Å². The molecule has 1 fully saturated rings. The number of methoxy groups -OCH3 is 1. The number of piperazine rings is 1. The van der Waals surface area contributed by atoms with Crippen LogP contribution in [0.2, 0.25) is 0 Å². The highest BCUT2D eigenvalue weighted by Gasteiger charge is 2.41. The molecule has 1 heterocycles. The summed E-state index contributed by atoms with van der Waals surface area (Å²) in [6, 6.07) is 0.837. The minimum atomic E-state index is -3.94. The number of amides is 1. The molecule has 1 aliphatic rings. The molecule has 0 radical (unpaired) electrons. The Bertz CT molecular complexity index is 791. The fourth-order valence-corrected chi connectivity index (χ4v) is 5.27. The van der Waals surface area contributed by atoms with Gasteiger partial charge in [-0.05, 0) is 49.9 Å². The van der Waals surface area contributed by atoms with Gasteiger partial charge in [0.25, 0.3) is 0 Å². The summed E-state index contributed by atoms with van der Waals surface area (Å²) in [5.74, 6) is -1.11. The van der Waals surface area contributed by atoms with E-state index in [1.54, 1.807) is 13.8 Å². The third kappa shape index (κ3) is 3.55. The van der Waals surface area contributed by atoms with E-state index in [0.29, 0.717) is 11.1 Å². The fraction of sp³-hybridized carbons (Fsp3) is 0.529. The van der Waals surface area contributed by atoms with Crippen LogP contribution < -0.4 is 5.32 Å². The summed E-state index contributed by atoms with van der Waals surface area (Å²) >= 11 is 0. The number of nitrogens with one attached hydrogen (secondary N) is 1. The van der Waals surface area contributed by atoms with Crippen molar-refractivity contribution in [2.45, 2.75) is 45.1 Å². The van der Waals surface area contributed by atoms with Gasteiger partial charge in [0, 0.05) is 13.1 Å². The van der Waals surface area contributed by atoms with E-state index in [1.165, 1.54) is 7.11 Å². The van der Waals surface area contributed by atoms with E-state index in [9.17, 15) is 18.0 Å². The topological polar surface area (TPSA) is 92.8 Å². The van der Waals surface area contributed by atoms with Crippen LogP contribution in [0, 0.1) is 27.7 Å². The van der Waals surface area contributed by atoms with Crippen molar-refractivity contribution in [1.82, 2.24) is 9.62 Å². The zero-order chi connectivity index (χ0) is 18.9. The van der Waals surface area contributed by atoms with Crippen molar-refractivity contribution in [2.75, 3.05) is 20.2 Å². The lowest BCUT2D eigenvalue weighted by molar-refractivity contribution is -0.144. The number of hydrogen-bond donors (Lipinski definition) is 1. The molecule has 1 saturated heterocycles. The van der Waals surface area contributed by atoms with Crippen LogP contribution in [0.1, 0.15) is 28.7 Å². The molecule has 0 bridgehead atoms. The van der Waals surface area contributed by atoms with E-state index >= 15 is 0 Å². The van der Waals surface area contributed by atoms with Gasteiger partial charge in [0.2, 0.25) is 15.9 Å². The third-order valence-electron chi connectivity index (χ3n) is 4.73. The average Bonchev–Trinajstić information content (AvgIpc) is 2.54. The van der Waals surface area contributed by atoms with Crippen molar-refractivity contribution in [3.8, 4) is 0 Å². The highest BCUT2D eigenvalue weighted by molar-refractivity contribution is 7.89. The zero-order valence-corrected chi connectivity index (χ0v) is 16.0. The van der Waals surface area contributed by atoms with Gasteiger partial charge in [0.05, 0.1) is 18.4 Å². The standard InChI is InChI=1S/C17H24N2O5S/c1-10-8-11(2)13(4)16(12(10)3)25(22,23)19-7-6-18-17(21)14(19)9-15(20)24-5/h8,14H,6-7,9H2,1-5H3,(H,18,21)/t14-/m0/s1. The predicted octanol–water partition coefficient (Wildman–Crippen LogP) is 0.972. The first-order valence-corrected chi connectivity index (χ1v) is 9.49. The van der Waals surface area contributed by atoms with Gasteiger partial charge in [-0.25, -0.2) is 8.42 Å². The highest BCUT2D eigenvalue weighted by Crippen LogP contribution is 2.30. The molecule has 0 spiro atoms. The molecule has 8 heteroatoms. The van der Waals surface area contributed by atoms with E-state index < -0.39 is 27.9 Å². The Morgan fingerprint density at radius 1 is 1.24 bits per heavy atom. The second kappa shape index (κ2) is 7.13. The number of rotatable bonds is 4. The number of benzene rings is 1. The molecule has 1 aromatic rings. The molecule has 1 amide bonds. The van der Waals surface area contributed by atoms with Gasteiger partial charge in [-0.15, -0.1) is 0 Å². The number of sulfonamides is 1. The Balaban J connectivity index is 2.57. The predicted molar refractivity (Wildman–Crippen MR) is 92.7 cm³/mol. The zero-order valence-electron chi connectivity index (χ0n) is 15.2. The van der Waals surface area contributed by atoms with E-state index in [1.807, 2.05) is 19.9 Å². The number of nitrogens with zero attached hydrogens (tertiary/aromatic N) is 1. The van der Waals surface area contributed by atoms with E-state index in [4.69, 9.17) is 0 Å². The average molecular weight is 368 g/mol. The van der Waals surface area contributed by atoms with Crippen molar-refractivity contribution < 1.29 is 22.7 Å². The molecule has 25 heavy (non-hydrogen) atoms. The summed E-state index contributed by atoms with van der Waals surface area (Å²) in [7, 11) is -2.73. The number of hydrogen-bond acceptors (Lipinski definition) is 5. The minimum Gasteiger partial charge on any atom is -0.469 e. The minimum absolute atomic E-state index is 0.113. The quantitative estimate of drug-likeness (QED) is 0.800. The molecule has 0 aromatic heterocycles. The molecule has 1 aliphatic heterocycles. The van der Waals surface area contributed by atoms with Gasteiger partial charge >= 0.3 is 5.97 Å². The van der Waals surface area contributed by atoms with E-state index in [-0.39, 0.29) is 24.4 Å². The van der Waals surface area contributed by atoms with E-state index in [2.05, 4.69) is 10.1 Å². The van der Waals surface area contributed by atoms with Crippen molar-refractivity contribution in [3.05, 3.63) is 28.3 Å². The highest BCUT2D eigenvalue weighted by atomic mass is 32.2. The summed E-state index contributed by atoms with van der Waals surface area (Å²) in [5, 5.41) is 2.61. The summed E-state index contributed by atoms with van der Waals surface area (Å²) in [5.41, 5.74) is 3.05. The molecule has 1 atom stereocenters. The van der Waals surface area contributed by atoms with Gasteiger partial charge in [0.1, 0.15) is 6.04 Å². The third-order valence-corrected chi connectivity index (χ3v) is 6.92. The molecular weight excluding hydrogens is 344 g/mol. The first kappa shape index (κ1) is 19.4. The lowest BCUT2D eigenvalue weighted by Crippen LogP contribution is -2.57. The van der Waals surface area contributed by atoms with Gasteiger partial charge in [-0.2, -0.15) is 4.31 Å². The summed E-state index contributed by atoms with van der Waals surface area (Å²) in [4.78, 5) is 24.1. The van der Waals surface area contributed by atoms with Crippen LogP contribution in [0.5, 0.6) is 0 Å². The molecule has 7 nitrogen and oxygen atoms in total. The van der Waals surface area contributed by atoms with E-state index in [0.717, 1.165) is 15.4 Å². The monoisotopic (exact) mass is 368 g/mol. The van der Waals surface area contributed by atoms with Crippen LogP contribution in [-0.2, 0) is 24.3 Å². The molecule has 2 rings (SSSR count). The fourth-order valence-electron chi connectivity index (χ4n) is 3.10. The van der Waals surface area contributed by atoms with Crippen molar-refractivity contribution in [2.24, 2.45) is 0 Å². The summed E-state index contributed by atoms with van der Waals surface area (Å²) in [6.45, 7) is 7.55. The van der Waals surface area contributed by atoms with Crippen molar-refractivity contribution in [1.29, 1.82) is 0 Å². The second-order valence-electron chi connectivity index (χ2n) is 6.29. The second-order valence-corrected chi connectivity index (χ2v) is 8.12. The van der Waals surface area contributed by atoms with Crippen LogP contribution in [0.4, 0.5) is 0 Å². The van der Waals surface area contributed by atoms with Crippen molar-refractivity contribution in [3.63, 3.8) is 0 Å². The maximum absolute atomic E-state index is 13.4. The van der Waals surface area contributed by atoms with Crippen LogP contribution in [-0.4, -0.2) is 50.8 Å². The van der Waals surface area contributed by atoms with Gasteiger partial charge in [0.15, 0.2) is 0 Å². The molecule has 138 valence electrons. The number of ether oxygens (including phenoxy) is 1. The normalized spacial score (nSPS) is 18.8. The SMILES string of the molecule is COC(=O)C[C@H]1C(=O)NCCN1S(=O)(=O)c1c(C)c(C)cc(C)c1C. The maximum atomic E-state index is 13.4. The molecule has 1 N–H and O–H groups in total. The Kier molecular flexibility index (Phi) is 5.53. The lowest BCUT2D eigenvalue weighted by Gasteiger charge is -2.34. The number of carbonyl (C=O) groups excluding carboxylic acids is 2. The first-order chi connectivity index (χ1) is 11.6. The summed E-state index contributed by atoms with van der Waals surface area (Å²) in [6.07, 6.45) is -0.315. The molecular formula is C17H24N2O5S. The number of aryl methyl sites for hydroxylation is 2. The Hall–Kier alpha value is -1.93. The molecule has 1 aromatic carbocycles. The molecule has 0 saturated carbocycles. The summed E-state index contributed by atoms with van der Waals surface area (Å²) < 4.78 is 32.4. The largest absolute Gasteiger partial charge is 0.469 e. The van der Waals surface area contributed by atoms with Crippen molar-refractivity contribution >= 4 is 21.9 Å². The number of esters is 1. The molecule has 0 unspecified atom stereocenters. The first-order valence-electron chi connectivity index (χ1n) is 8.05. The van der Waals surface area contributed by atoms with Crippen LogP contribution in [0.3, 0.4) is 0 Å². The Labute approximate surface area is 148 Å². The lowest BCUT2D eigenvalue weighted by atomic mass is 10.0. The van der Waals surface area contributed by atoms with Crippen LogP contribution >= 0.6 is 0 Å². The maximum Gasteiger partial charge on any atom is 0.307 e. The smallest absolute Gasteiger partial charge is 0.307 e.